The molecular weight excluding hydrogens is 346 g/mol. The Morgan fingerprint density at radius 2 is 2.24 bits per heavy atom. The standard InChI is InChI=1S/C12H10BrN3O5/c13-8-2-1-3-9(16(18)19)11(8)21-6-10-7(4-5-20-10)12(17)15-14/h1-5H,6,14H2,(H,15,17). The third-order valence-electron chi connectivity index (χ3n) is 2.61. The highest BCUT2D eigenvalue weighted by Crippen LogP contribution is 2.35. The van der Waals surface area contributed by atoms with Crippen LogP contribution in [0.4, 0.5) is 5.69 Å². The molecule has 0 aliphatic carbocycles. The van der Waals surface area contributed by atoms with E-state index in [0.29, 0.717) is 4.47 Å². The van der Waals surface area contributed by atoms with Gasteiger partial charge in [0.15, 0.2) is 5.76 Å². The van der Waals surface area contributed by atoms with Gasteiger partial charge in [0.1, 0.15) is 6.61 Å². The number of rotatable bonds is 5. The maximum absolute atomic E-state index is 11.5. The van der Waals surface area contributed by atoms with Crippen LogP contribution in [0.15, 0.2) is 39.4 Å². The zero-order valence-electron chi connectivity index (χ0n) is 10.5. The SMILES string of the molecule is NNC(=O)c1ccoc1COc1c(Br)cccc1[N+](=O)[O-]. The summed E-state index contributed by atoms with van der Waals surface area (Å²) in [5.41, 5.74) is 1.98. The average Bonchev–Trinajstić information content (AvgIpc) is 2.93. The van der Waals surface area contributed by atoms with Crippen LogP contribution in [0.1, 0.15) is 16.1 Å². The number of nitro groups is 1. The number of nitrogens with two attached hydrogens (primary N) is 1. The number of amides is 1. The highest BCUT2D eigenvalue weighted by Gasteiger charge is 2.20. The van der Waals surface area contributed by atoms with Gasteiger partial charge in [0.25, 0.3) is 5.91 Å². The van der Waals surface area contributed by atoms with E-state index < -0.39 is 10.8 Å². The largest absolute Gasteiger partial charge is 0.478 e. The van der Waals surface area contributed by atoms with Gasteiger partial charge in [-0.3, -0.25) is 20.3 Å². The van der Waals surface area contributed by atoms with Gasteiger partial charge in [0.05, 0.1) is 21.2 Å². The van der Waals surface area contributed by atoms with Gasteiger partial charge in [-0.15, -0.1) is 0 Å². The summed E-state index contributed by atoms with van der Waals surface area (Å²) >= 11 is 3.18. The molecule has 0 saturated carbocycles. The predicted molar refractivity (Wildman–Crippen MR) is 75.5 cm³/mol. The molecule has 0 unspecified atom stereocenters. The van der Waals surface area contributed by atoms with Gasteiger partial charge in [0, 0.05) is 6.07 Å². The quantitative estimate of drug-likeness (QED) is 0.366. The highest BCUT2D eigenvalue weighted by atomic mass is 79.9. The summed E-state index contributed by atoms with van der Waals surface area (Å²) in [6, 6.07) is 5.87. The van der Waals surface area contributed by atoms with Crippen molar-refractivity contribution in [3.8, 4) is 5.75 Å². The van der Waals surface area contributed by atoms with Crippen molar-refractivity contribution in [2.45, 2.75) is 6.61 Å². The molecule has 0 bridgehead atoms. The number of nitrogens with zero attached hydrogens (tertiary/aromatic N) is 1. The molecule has 1 aromatic heterocycles. The zero-order chi connectivity index (χ0) is 15.4. The lowest BCUT2D eigenvalue weighted by atomic mass is 10.2. The van der Waals surface area contributed by atoms with Crippen molar-refractivity contribution in [2.24, 2.45) is 5.84 Å². The maximum atomic E-state index is 11.5. The molecule has 8 nitrogen and oxygen atoms in total. The first kappa shape index (κ1) is 15.0. The molecule has 2 rings (SSSR count). The molecule has 1 aromatic carbocycles. The summed E-state index contributed by atoms with van der Waals surface area (Å²) in [6.45, 7) is -0.154. The molecule has 0 spiro atoms. The molecule has 0 aliphatic heterocycles. The van der Waals surface area contributed by atoms with Crippen LogP contribution in [-0.2, 0) is 6.61 Å². The summed E-state index contributed by atoms with van der Waals surface area (Å²) < 4.78 is 11.0. The third kappa shape index (κ3) is 3.20. The number of benzene rings is 1. The minimum atomic E-state index is -0.560. The van der Waals surface area contributed by atoms with Crippen LogP contribution in [0.5, 0.6) is 5.75 Å². The van der Waals surface area contributed by atoms with E-state index in [2.05, 4.69) is 15.9 Å². The lowest BCUT2D eigenvalue weighted by Gasteiger charge is -2.08. The predicted octanol–water partition coefficient (Wildman–Crippen LogP) is 2.13. The van der Waals surface area contributed by atoms with Crippen LogP contribution in [0, 0.1) is 10.1 Å². The minimum Gasteiger partial charge on any atom is -0.478 e. The van der Waals surface area contributed by atoms with Gasteiger partial charge < -0.3 is 9.15 Å². The van der Waals surface area contributed by atoms with Gasteiger partial charge in [-0.25, -0.2) is 5.84 Å². The molecule has 9 heteroatoms. The summed E-state index contributed by atoms with van der Waals surface area (Å²) in [5, 5.41) is 11.0. The van der Waals surface area contributed by atoms with Crippen molar-refractivity contribution in [3.63, 3.8) is 0 Å². The van der Waals surface area contributed by atoms with E-state index in [-0.39, 0.29) is 29.4 Å². The van der Waals surface area contributed by atoms with Crippen molar-refractivity contribution < 1.29 is 18.9 Å². The van der Waals surface area contributed by atoms with Crippen molar-refractivity contribution >= 4 is 27.5 Å². The Bertz CT molecular complexity index is 685. The van der Waals surface area contributed by atoms with Gasteiger partial charge >= 0.3 is 5.69 Å². The van der Waals surface area contributed by atoms with E-state index in [1.807, 2.05) is 5.43 Å². The number of hydrogen-bond donors (Lipinski definition) is 2. The first-order valence-corrected chi connectivity index (χ1v) is 6.47. The van der Waals surface area contributed by atoms with Crippen molar-refractivity contribution in [1.29, 1.82) is 0 Å². The van der Waals surface area contributed by atoms with Crippen molar-refractivity contribution in [3.05, 3.63) is 56.4 Å². The number of nitro benzene ring substituents is 1. The lowest BCUT2D eigenvalue weighted by molar-refractivity contribution is -0.386. The van der Waals surface area contributed by atoms with Gasteiger partial charge in [-0.1, -0.05) is 6.07 Å². The van der Waals surface area contributed by atoms with Crippen molar-refractivity contribution in [2.75, 3.05) is 0 Å². The number of carbonyl (C=O) groups is 1. The fraction of sp³-hybridized carbons (Fsp3) is 0.0833. The molecule has 0 aliphatic rings. The second-order valence-corrected chi connectivity index (χ2v) is 4.72. The molecule has 21 heavy (non-hydrogen) atoms. The molecule has 110 valence electrons. The number of hydrazine groups is 1. The van der Waals surface area contributed by atoms with Crippen LogP contribution in [-0.4, -0.2) is 10.8 Å². The Kier molecular flexibility index (Phi) is 4.55. The highest BCUT2D eigenvalue weighted by molar-refractivity contribution is 9.10. The summed E-state index contributed by atoms with van der Waals surface area (Å²) in [4.78, 5) is 21.9. The molecule has 0 radical (unpaired) electrons. The summed E-state index contributed by atoms with van der Waals surface area (Å²) in [5.74, 6) is 4.78. The van der Waals surface area contributed by atoms with Crippen LogP contribution in [0.3, 0.4) is 0 Å². The van der Waals surface area contributed by atoms with Crippen LogP contribution >= 0.6 is 15.9 Å². The van der Waals surface area contributed by atoms with Gasteiger partial charge in [0.2, 0.25) is 5.75 Å². The number of carbonyl (C=O) groups excluding carboxylic acids is 1. The van der Waals surface area contributed by atoms with E-state index in [4.69, 9.17) is 15.0 Å². The minimum absolute atomic E-state index is 0.0537. The van der Waals surface area contributed by atoms with Gasteiger partial charge in [-0.05, 0) is 28.1 Å². The number of para-hydroxylation sites is 1. The number of nitrogens with one attached hydrogen (secondary N) is 1. The first-order valence-electron chi connectivity index (χ1n) is 5.67. The second-order valence-electron chi connectivity index (χ2n) is 3.86. The van der Waals surface area contributed by atoms with Gasteiger partial charge in [-0.2, -0.15) is 0 Å². The number of halogens is 1. The Morgan fingerprint density at radius 1 is 1.48 bits per heavy atom. The van der Waals surface area contributed by atoms with E-state index in [1.165, 1.54) is 24.5 Å². The Hall–Kier alpha value is -2.39. The maximum Gasteiger partial charge on any atom is 0.312 e. The zero-order valence-corrected chi connectivity index (χ0v) is 12.1. The van der Waals surface area contributed by atoms with E-state index in [9.17, 15) is 14.9 Å². The first-order chi connectivity index (χ1) is 10.0. The fourth-order valence-electron chi connectivity index (χ4n) is 1.65. The Balaban J connectivity index is 2.23. The number of hydrogen-bond acceptors (Lipinski definition) is 6. The van der Waals surface area contributed by atoms with E-state index in [1.54, 1.807) is 6.07 Å². The number of ether oxygens (including phenoxy) is 1. The summed E-state index contributed by atoms with van der Waals surface area (Å²) in [6.07, 6.45) is 1.30. The molecule has 1 heterocycles. The van der Waals surface area contributed by atoms with E-state index in [0.717, 1.165) is 0 Å². The number of nitrogen functional groups attached to an aromatic ring is 1. The van der Waals surface area contributed by atoms with Crippen LogP contribution < -0.4 is 16.0 Å². The fourth-order valence-corrected chi connectivity index (χ4v) is 2.12. The summed E-state index contributed by atoms with van der Waals surface area (Å²) in [7, 11) is 0. The molecule has 1 amide bonds. The number of furan rings is 1. The monoisotopic (exact) mass is 355 g/mol. The van der Waals surface area contributed by atoms with Crippen molar-refractivity contribution in [1.82, 2.24) is 5.43 Å². The third-order valence-corrected chi connectivity index (χ3v) is 3.24. The molecule has 3 N–H and O–H groups in total. The molecule has 0 fully saturated rings. The van der Waals surface area contributed by atoms with E-state index >= 15 is 0 Å². The average molecular weight is 356 g/mol. The molecule has 0 saturated heterocycles. The molecule has 0 atom stereocenters. The topological polar surface area (TPSA) is 121 Å². The Labute approximate surface area is 127 Å². The molecule has 2 aromatic rings. The second kappa shape index (κ2) is 6.37. The normalized spacial score (nSPS) is 10.2. The Morgan fingerprint density at radius 3 is 2.90 bits per heavy atom. The van der Waals surface area contributed by atoms with Crippen LogP contribution in [0.2, 0.25) is 0 Å². The molecular formula is C12H10BrN3O5. The smallest absolute Gasteiger partial charge is 0.312 e. The lowest BCUT2D eigenvalue weighted by Crippen LogP contribution is -2.30. The van der Waals surface area contributed by atoms with Crippen LogP contribution in [0.25, 0.3) is 0 Å².